The molecule has 0 spiro atoms. The highest BCUT2D eigenvalue weighted by atomic mass is 32.2. The van der Waals surface area contributed by atoms with Crippen LogP contribution in [-0.2, 0) is 9.59 Å². The molecule has 4 rings (SSSR count). The van der Waals surface area contributed by atoms with Gasteiger partial charge in [0.15, 0.2) is 23.6 Å². The van der Waals surface area contributed by atoms with E-state index >= 15 is 0 Å². The smallest absolute Gasteiger partial charge is 0.262 e. The van der Waals surface area contributed by atoms with E-state index in [1.54, 1.807) is 12.1 Å². The number of nitrogens with one attached hydrogen (secondary N) is 1. The molecule has 1 heterocycles. The van der Waals surface area contributed by atoms with Crippen LogP contribution < -0.4 is 20.5 Å². The lowest BCUT2D eigenvalue weighted by molar-refractivity contribution is -0.129. The van der Waals surface area contributed by atoms with Gasteiger partial charge in [0, 0.05) is 11.7 Å². The van der Waals surface area contributed by atoms with Crippen molar-refractivity contribution in [3.63, 3.8) is 0 Å². The number of primary amides is 1. The molecule has 3 atom stereocenters. The summed E-state index contributed by atoms with van der Waals surface area (Å²) in [6, 6.07) is 15.6. The Morgan fingerprint density at radius 3 is 2.65 bits per heavy atom. The van der Waals surface area contributed by atoms with Gasteiger partial charge in [0.25, 0.3) is 11.8 Å². The second kappa shape index (κ2) is 10.9. The molecule has 8 heteroatoms. The largest absolute Gasteiger partial charge is 0.493 e. The molecule has 2 amide bonds. The molecule has 34 heavy (non-hydrogen) atoms. The number of methoxy groups -OCH3 is 1. The molecule has 3 N–H and O–H groups in total. The van der Waals surface area contributed by atoms with Crippen LogP contribution in [0, 0.1) is 5.92 Å². The predicted octanol–water partition coefficient (Wildman–Crippen LogP) is 4.45. The third-order valence-electron chi connectivity index (χ3n) is 6.28. The van der Waals surface area contributed by atoms with E-state index in [1.165, 1.54) is 25.3 Å². The number of amides is 2. The number of hydrogen-bond acceptors (Lipinski definition) is 6. The minimum atomic E-state index is -0.560. The number of benzene rings is 2. The first-order chi connectivity index (χ1) is 16.5. The molecule has 2 aromatic rings. The third kappa shape index (κ3) is 5.50. The van der Waals surface area contributed by atoms with E-state index in [2.05, 4.69) is 12.2 Å². The van der Waals surface area contributed by atoms with Gasteiger partial charge in [-0.15, -0.1) is 0 Å². The maximum Gasteiger partial charge on any atom is 0.262 e. The molecule has 1 unspecified atom stereocenters. The fourth-order valence-corrected chi connectivity index (χ4v) is 5.77. The van der Waals surface area contributed by atoms with Gasteiger partial charge in [-0.25, -0.2) is 0 Å². The van der Waals surface area contributed by atoms with Crippen molar-refractivity contribution in [3.05, 3.63) is 59.0 Å². The Morgan fingerprint density at radius 1 is 1.18 bits per heavy atom. The molecule has 2 aromatic carbocycles. The number of ether oxygens (including phenoxy) is 2. The van der Waals surface area contributed by atoms with Crippen LogP contribution in [0.4, 0.5) is 5.69 Å². The number of rotatable bonds is 8. The molecule has 1 saturated carbocycles. The van der Waals surface area contributed by atoms with Crippen molar-refractivity contribution in [2.75, 3.05) is 19.0 Å². The first-order valence-electron chi connectivity index (χ1n) is 11.6. The van der Waals surface area contributed by atoms with Crippen LogP contribution in [0.25, 0.3) is 6.08 Å². The van der Waals surface area contributed by atoms with Crippen LogP contribution in [0.5, 0.6) is 11.5 Å². The molecule has 180 valence electrons. The number of carbonyl (C=O) groups is 2. The lowest BCUT2D eigenvalue weighted by Gasteiger charge is -2.39. The maximum atomic E-state index is 13.6. The summed E-state index contributed by atoms with van der Waals surface area (Å²) < 4.78 is 10.8. The second-order valence-corrected chi connectivity index (χ2v) is 9.82. The van der Waals surface area contributed by atoms with E-state index in [4.69, 9.17) is 15.2 Å². The van der Waals surface area contributed by atoms with Crippen LogP contribution in [0.1, 0.15) is 38.2 Å². The molecule has 0 radical (unpaired) electrons. The molecule has 1 saturated heterocycles. The molecule has 1 aliphatic carbocycles. The molecule has 2 aliphatic rings. The summed E-state index contributed by atoms with van der Waals surface area (Å²) in [5.41, 5.74) is 6.80. The van der Waals surface area contributed by atoms with Crippen molar-refractivity contribution in [3.8, 4) is 11.5 Å². The van der Waals surface area contributed by atoms with Crippen molar-refractivity contribution in [2.45, 2.75) is 44.1 Å². The van der Waals surface area contributed by atoms with Crippen molar-refractivity contribution in [1.29, 1.82) is 0 Å². The first kappa shape index (κ1) is 24.0. The Labute approximate surface area is 204 Å². The normalized spacial score (nSPS) is 23.7. The van der Waals surface area contributed by atoms with E-state index in [0.717, 1.165) is 30.5 Å². The number of nitrogens with zero attached hydrogens (tertiary/aromatic N) is 1. The quantitative estimate of drug-likeness (QED) is 0.541. The minimum absolute atomic E-state index is 0.0465. The molecular weight excluding hydrogens is 450 g/mol. The van der Waals surface area contributed by atoms with E-state index in [9.17, 15) is 9.59 Å². The minimum Gasteiger partial charge on any atom is -0.493 e. The van der Waals surface area contributed by atoms with Gasteiger partial charge in [-0.2, -0.15) is 0 Å². The van der Waals surface area contributed by atoms with Crippen molar-refractivity contribution in [1.82, 2.24) is 4.90 Å². The van der Waals surface area contributed by atoms with Crippen molar-refractivity contribution >= 4 is 35.3 Å². The number of hydrogen-bond donors (Lipinski definition) is 2. The fraction of sp³-hybridized carbons (Fsp3) is 0.385. The summed E-state index contributed by atoms with van der Waals surface area (Å²) in [6.45, 7) is 2.02. The average molecular weight is 482 g/mol. The number of para-hydroxylation sites is 1. The zero-order valence-electron chi connectivity index (χ0n) is 19.5. The average Bonchev–Trinajstić information content (AvgIpc) is 3.13. The summed E-state index contributed by atoms with van der Waals surface area (Å²) in [4.78, 5) is 27.4. The highest BCUT2D eigenvalue weighted by molar-refractivity contribution is 8.05. The number of carbonyl (C=O) groups excluding carboxylic acids is 2. The Morgan fingerprint density at radius 2 is 1.94 bits per heavy atom. The van der Waals surface area contributed by atoms with Gasteiger partial charge in [-0.1, -0.05) is 55.8 Å². The van der Waals surface area contributed by atoms with Crippen LogP contribution in [0.15, 0.2) is 53.4 Å². The molecular formula is C26H31N3O4S. The lowest BCUT2D eigenvalue weighted by Crippen LogP contribution is -2.48. The third-order valence-corrected chi connectivity index (χ3v) is 7.39. The Bertz CT molecular complexity index is 1060. The number of thioether (sulfide) groups is 1. The summed E-state index contributed by atoms with van der Waals surface area (Å²) >= 11 is 1.54. The van der Waals surface area contributed by atoms with E-state index in [1.807, 2.05) is 47.4 Å². The summed E-state index contributed by atoms with van der Waals surface area (Å²) in [5.74, 6) is 0.845. The van der Waals surface area contributed by atoms with Crippen LogP contribution >= 0.6 is 11.8 Å². The lowest BCUT2D eigenvalue weighted by atomic mass is 9.85. The van der Waals surface area contributed by atoms with Crippen molar-refractivity contribution < 1.29 is 19.1 Å². The standard InChI is InChI=1S/C26H31N3O4S/c1-17-8-6-7-11-20(17)29-25(31)23(34-26(29)28-19-9-4-3-5-10-19)15-18-12-13-21(22(14-18)32-2)33-16-24(27)30/h3-5,9-10,12-15,17,20,26,28H,6-8,11,16H2,1-2H3,(H2,27,30)/b23-15-/t17-,20+,26?/m0/s1. The Kier molecular flexibility index (Phi) is 7.67. The molecule has 0 aromatic heterocycles. The zero-order valence-corrected chi connectivity index (χ0v) is 20.3. The van der Waals surface area contributed by atoms with E-state index in [-0.39, 0.29) is 24.1 Å². The van der Waals surface area contributed by atoms with Gasteiger partial charge >= 0.3 is 0 Å². The number of nitrogens with two attached hydrogens (primary N) is 1. The highest BCUT2D eigenvalue weighted by Gasteiger charge is 2.42. The van der Waals surface area contributed by atoms with Gasteiger partial charge in [-0.3, -0.25) is 9.59 Å². The first-order valence-corrected chi connectivity index (χ1v) is 12.5. The Balaban J connectivity index is 1.61. The summed E-state index contributed by atoms with van der Waals surface area (Å²) in [6.07, 6.45) is 6.41. The van der Waals surface area contributed by atoms with Gasteiger partial charge < -0.3 is 25.4 Å². The summed E-state index contributed by atoms with van der Waals surface area (Å²) in [5, 5.41) is 3.55. The van der Waals surface area contributed by atoms with Crippen LogP contribution in [-0.4, -0.2) is 42.0 Å². The van der Waals surface area contributed by atoms with E-state index < -0.39 is 5.91 Å². The monoisotopic (exact) mass is 481 g/mol. The predicted molar refractivity (Wildman–Crippen MR) is 135 cm³/mol. The number of anilines is 1. The van der Waals surface area contributed by atoms with Gasteiger partial charge in [0.1, 0.15) is 0 Å². The van der Waals surface area contributed by atoms with Crippen molar-refractivity contribution in [2.24, 2.45) is 11.7 Å². The van der Waals surface area contributed by atoms with Crippen LogP contribution in [0.3, 0.4) is 0 Å². The Hall–Kier alpha value is -3.13. The highest BCUT2D eigenvalue weighted by Crippen LogP contribution is 2.42. The van der Waals surface area contributed by atoms with Gasteiger partial charge in [-0.05, 0) is 54.7 Å². The maximum absolute atomic E-state index is 13.6. The van der Waals surface area contributed by atoms with Gasteiger partial charge in [0.2, 0.25) is 0 Å². The molecule has 2 fully saturated rings. The second-order valence-electron chi connectivity index (χ2n) is 8.70. The summed E-state index contributed by atoms with van der Waals surface area (Å²) in [7, 11) is 1.53. The van der Waals surface area contributed by atoms with E-state index in [0.29, 0.717) is 22.3 Å². The topological polar surface area (TPSA) is 93.9 Å². The molecule has 1 aliphatic heterocycles. The van der Waals surface area contributed by atoms with Gasteiger partial charge in [0.05, 0.1) is 12.0 Å². The molecule has 0 bridgehead atoms. The van der Waals surface area contributed by atoms with Crippen LogP contribution in [0.2, 0.25) is 0 Å². The fourth-order valence-electron chi connectivity index (χ4n) is 4.56. The zero-order chi connectivity index (χ0) is 24.1. The SMILES string of the molecule is COc1cc(/C=C2\SC(Nc3ccccc3)N([C@@H]3CCCC[C@@H]3C)C2=O)ccc1OCC(N)=O. The molecule has 7 nitrogen and oxygen atoms in total.